The van der Waals surface area contributed by atoms with Crippen molar-refractivity contribution in [2.75, 3.05) is 12.4 Å². The van der Waals surface area contributed by atoms with Crippen molar-refractivity contribution in [1.29, 1.82) is 0 Å². The zero-order valence-electron chi connectivity index (χ0n) is 17.9. The first kappa shape index (κ1) is 20.9. The lowest BCUT2D eigenvalue weighted by Crippen LogP contribution is -2.04. The summed E-state index contributed by atoms with van der Waals surface area (Å²) in [4.78, 5) is 13.6. The van der Waals surface area contributed by atoms with Crippen LogP contribution >= 0.6 is 23.5 Å². The van der Waals surface area contributed by atoms with Crippen LogP contribution in [0.5, 0.6) is 5.88 Å². The second-order valence-corrected chi connectivity index (χ2v) is 9.53. The number of ether oxygens (including phenoxy) is 1. The molecule has 0 unspecified atom stereocenters. The average Bonchev–Trinajstić information content (AvgIpc) is 3.40. The molecule has 0 aliphatic carbocycles. The van der Waals surface area contributed by atoms with E-state index in [1.807, 2.05) is 55.2 Å². The fourth-order valence-corrected chi connectivity index (χ4v) is 5.32. The topological polar surface area (TPSA) is 68.1 Å². The number of H-pyrrole nitrogens is 1. The van der Waals surface area contributed by atoms with Crippen molar-refractivity contribution in [2.45, 2.75) is 29.7 Å². The van der Waals surface area contributed by atoms with E-state index in [1.165, 1.54) is 16.0 Å². The minimum atomic E-state index is 0.592. The lowest BCUT2D eigenvalue weighted by molar-refractivity contribution is 0.324. The van der Waals surface area contributed by atoms with Crippen molar-refractivity contribution in [3.8, 4) is 5.88 Å². The largest absolute Gasteiger partial charge is 0.476 e. The second-order valence-electron chi connectivity index (χ2n) is 7.43. The van der Waals surface area contributed by atoms with E-state index in [9.17, 15) is 0 Å². The minimum absolute atomic E-state index is 0.592. The molecule has 3 heterocycles. The number of nitrogens with zero attached hydrogens (tertiary/aromatic N) is 4. The molecule has 0 bridgehead atoms. The summed E-state index contributed by atoms with van der Waals surface area (Å²) >= 11 is 3.54. The van der Waals surface area contributed by atoms with Crippen molar-refractivity contribution in [2.24, 2.45) is 0 Å². The number of imidazole rings is 2. The molecule has 0 aliphatic heterocycles. The van der Waals surface area contributed by atoms with Crippen molar-refractivity contribution in [1.82, 2.24) is 24.6 Å². The molecule has 5 rings (SSSR count). The molecule has 5 aromatic rings. The van der Waals surface area contributed by atoms with Crippen LogP contribution in [0.2, 0.25) is 0 Å². The Bertz CT molecular complexity index is 1340. The van der Waals surface area contributed by atoms with Crippen LogP contribution in [0, 0.1) is 13.8 Å². The summed E-state index contributed by atoms with van der Waals surface area (Å²) in [6.07, 6.45) is 1.81. The molecular formula is C24H23N5OS2. The van der Waals surface area contributed by atoms with E-state index in [0.717, 1.165) is 39.0 Å². The standard InChI is InChI=1S/C24H23N5OS2/c1-16-14-25-22-10-11-23(28-29(16)22)30-12-13-31-21-9-5-6-18(17(21)2)15-32-24-26-19-7-3-4-8-20(19)27-24/h3-11,14H,12-13,15H2,1-2H3,(H,26,27). The molecule has 32 heavy (non-hydrogen) atoms. The fourth-order valence-electron chi connectivity index (χ4n) is 3.46. The smallest absolute Gasteiger partial charge is 0.231 e. The second kappa shape index (κ2) is 9.26. The van der Waals surface area contributed by atoms with Gasteiger partial charge in [0.2, 0.25) is 5.88 Å². The van der Waals surface area contributed by atoms with Gasteiger partial charge in [-0.05, 0) is 49.2 Å². The Morgan fingerprint density at radius 3 is 2.81 bits per heavy atom. The average molecular weight is 462 g/mol. The summed E-state index contributed by atoms with van der Waals surface area (Å²) in [6.45, 7) is 4.76. The third kappa shape index (κ3) is 4.47. The van der Waals surface area contributed by atoms with Gasteiger partial charge >= 0.3 is 0 Å². The zero-order chi connectivity index (χ0) is 21.9. The highest BCUT2D eigenvalue weighted by molar-refractivity contribution is 7.99. The molecule has 0 radical (unpaired) electrons. The van der Waals surface area contributed by atoms with Crippen molar-refractivity contribution >= 4 is 40.2 Å². The van der Waals surface area contributed by atoms with E-state index in [1.54, 1.807) is 16.3 Å². The molecule has 6 nitrogen and oxygen atoms in total. The molecule has 8 heteroatoms. The predicted octanol–water partition coefficient (Wildman–Crippen LogP) is 5.69. The SMILES string of the molecule is Cc1c(CSc2nc3ccccc3[nH]2)cccc1SCCOc1ccc2ncc(C)n2n1. The van der Waals surface area contributed by atoms with Crippen LogP contribution in [-0.4, -0.2) is 36.9 Å². The van der Waals surface area contributed by atoms with Gasteiger partial charge in [-0.15, -0.1) is 16.9 Å². The number of aryl methyl sites for hydroxylation is 1. The van der Waals surface area contributed by atoms with Gasteiger partial charge in [0.15, 0.2) is 10.8 Å². The van der Waals surface area contributed by atoms with Crippen LogP contribution in [0.25, 0.3) is 16.7 Å². The lowest BCUT2D eigenvalue weighted by atomic mass is 10.1. The number of thioether (sulfide) groups is 2. The first-order chi connectivity index (χ1) is 15.7. The molecule has 0 amide bonds. The number of nitrogens with one attached hydrogen (secondary N) is 1. The summed E-state index contributed by atoms with van der Waals surface area (Å²) in [7, 11) is 0. The summed E-state index contributed by atoms with van der Waals surface area (Å²) in [5.74, 6) is 2.35. The normalized spacial score (nSPS) is 11.4. The van der Waals surface area contributed by atoms with Crippen LogP contribution < -0.4 is 4.74 Å². The Kier molecular flexibility index (Phi) is 6.05. The third-order valence-electron chi connectivity index (χ3n) is 5.23. The number of rotatable bonds is 8. The van der Waals surface area contributed by atoms with Gasteiger partial charge < -0.3 is 9.72 Å². The Balaban J connectivity index is 1.17. The number of hydrogen-bond acceptors (Lipinski definition) is 6. The van der Waals surface area contributed by atoms with Crippen LogP contribution in [0.4, 0.5) is 0 Å². The fraction of sp³-hybridized carbons (Fsp3) is 0.208. The number of fused-ring (bicyclic) bond motifs is 2. The van der Waals surface area contributed by atoms with Crippen molar-refractivity contribution in [3.63, 3.8) is 0 Å². The molecule has 0 fully saturated rings. The Labute approximate surface area is 194 Å². The summed E-state index contributed by atoms with van der Waals surface area (Å²) in [5, 5.41) is 5.44. The Morgan fingerprint density at radius 1 is 1.00 bits per heavy atom. The number of benzene rings is 2. The van der Waals surface area contributed by atoms with Gasteiger partial charge in [-0.2, -0.15) is 0 Å². The number of aromatic nitrogens is 5. The highest BCUT2D eigenvalue weighted by atomic mass is 32.2. The quantitative estimate of drug-likeness (QED) is 0.237. The van der Waals surface area contributed by atoms with Gasteiger partial charge in [0.25, 0.3) is 0 Å². The lowest BCUT2D eigenvalue weighted by Gasteiger charge is -2.11. The van der Waals surface area contributed by atoms with E-state index < -0.39 is 0 Å². The highest BCUT2D eigenvalue weighted by Gasteiger charge is 2.08. The molecule has 0 atom stereocenters. The molecule has 0 spiro atoms. The van der Waals surface area contributed by atoms with Gasteiger partial charge in [-0.25, -0.2) is 14.5 Å². The zero-order valence-corrected chi connectivity index (χ0v) is 19.5. The van der Waals surface area contributed by atoms with Crippen molar-refractivity contribution < 1.29 is 4.74 Å². The van der Waals surface area contributed by atoms with Gasteiger partial charge in [-0.1, -0.05) is 36.0 Å². The van der Waals surface area contributed by atoms with Gasteiger partial charge in [0.05, 0.1) is 29.5 Å². The van der Waals surface area contributed by atoms with Gasteiger partial charge in [0.1, 0.15) is 0 Å². The molecule has 2 aromatic carbocycles. The van der Waals surface area contributed by atoms with E-state index in [0.29, 0.717) is 12.5 Å². The van der Waals surface area contributed by atoms with E-state index in [4.69, 9.17) is 4.74 Å². The minimum Gasteiger partial charge on any atom is -0.476 e. The maximum Gasteiger partial charge on any atom is 0.231 e. The van der Waals surface area contributed by atoms with Crippen LogP contribution in [-0.2, 0) is 5.75 Å². The van der Waals surface area contributed by atoms with Gasteiger partial charge in [-0.3, -0.25) is 0 Å². The van der Waals surface area contributed by atoms with Crippen LogP contribution in [0.15, 0.2) is 70.8 Å². The first-order valence-electron chi connectivity index (χ1n) is 10.4. The van der Waals surface area contributed by atoms with Crippen LogP contribution in [0.3, 0.4) is 0 Å². The summed E-state index contributed by atoms with van der Waals surface area (Å²) in [5.41, 5.74) is 6.55. The molecular weight excluding hydrogens is 438 g/mol. The predicted molar refractivity (Wildman–Crippen MR) is 131 cm³/mol. The van der Waals surface area contributed by atoms with E-state index >= 15 is 0 Å². The maximum absolute atomic E-state index is 5.87. The van der Waals surface area contributed by atoms with E-state index in [2.05, 4.69) is 51.2 Å². The molecule has 0 saturated heterocycles. The molecule has 162 valence electrons. The highest BCUT2D eigenvalue weighted by Crippen LogP contribution is 2.29. The first-order valence-corrected chi connectivity index (χ1v) is 12.4. The summed E-state index contributed by atoms with van der Waals surface area (Å²) in [6, 6.07) is 18.4. The molecule has 1 N–H and O–H groups in total. The molecule has 3 aromatic heterocycles. The third-order valence-corrected chi connectivity index (χ3v) is 7.27. The maximum atomic E-state index is 5.87. The summed E-state index contributed by atoms with van der Waals surface area (Å²) < 4.78 is 7.67. The molecule has 0 aliphatic rings. The van der Waals surface area contributed by atoms with Crippen molar-refractivity contribution in [3.05, 3.63) is 77.6 Å². The monoisotopic (exact) mass is 461 g/mol. The van der Waals surface area contributed by atoms with E-state index in [-0.39, 0.29) is 0 Å². The molecule has 0 saturated carbocycles. The number of hydrogen-bond donors (Lipinski definition) is 1. The Morgan fingerprint density at radius 2 is 1.91 bits per heavy atom. The number of para-hydroxylation sites is 2. The Hall–Kier alpha value is -2.97. The van der Waals surface area contributed by atoms with Crippen LogP contribution in [0.1, 0.15) is 16.8 Å². The van der Waals surface area contributed by atoms with Gasteiger partial charge in [0, 0.05) is 22.5 Å². The number of aromatic amines is 1.